The molecule has 0 fully saturated rings. The molecule has 0 amide bonds. The second-order valence-corrected chi connectivity index (χ2v) is 3.06. The highest BCUT2D eigenvalue weighted by Crippen LogP contribution is 1.92. The molecule has 56 valence electrons. The van der Waals surface area contributed by atoms with Crippen molar-refractivity contribution in [2.75, 3.05) is 7.05 Å². The number of hydrogen-bond acceptors (Lipinski definition) is 1. The standard InChI is InChI=1S/C8H15NSi/c1-3-4-5-8(9-2)6-7-10/h3-5H,1,6-7H2,2,10H3/b5-4-,9-8+. The minimum absolute atomic E-state index is 1.12. The summed E-state index contributed by atoms with van der Waals surface area (Å²) in [5.74, 6) is 0. The smallest absolute Gasteiger partial charge is 0.0341 e. The van der Waals surface area contributed by atoms with Crippen LogP contribution in [0.2, 0.25) is 6.04 Å². The summed E-state index contributed by atoms with van der Waals surface area (Å²) >= 11 is 0. The predicted molar refractivity (Wildman–Crippen MR) is 52.1 cm³/mol. The maximum atomic E-state index is 4.12. The molecule has 0 saturated carbocycles. The van der Waals surface area contributed by atoms with Gasteiger partial charge in [0.25, 0.3) is 0 Å². The molecule has 0 aromatic heterocycles. The van der Waals surface area contributed by atoms with E-state index in [9.17, 15) is 0 Å². The van der Waals surface area contributed by atoms with Gasteiger partial charge in [0.2, 0.25) is 0 Å². The van der Waals surface area contributed by atoms with Crippen molar-refractivity contribution in [2.45, 2.75) is 12.5 Å². The first-order valence-electron chi connectivity index (χ1n) is 3.60. The summed E-state index contributed by atoms with van der Waals surface area (Å²) in [6.07, 6.45) is 6.84. The van der Waals surface area contributed by atoms with Crippen LogP contribution in [0.25, 0.3) is 0 Å². The number of rotatable bonds is 4. The third kappa shape index (κ3) is 4.27. The second kappa shape index (κ2) is 6.49. The summed E-state index contributed by atoms with van der Waals surface area (Å²) in [6.45, 7) is 3.59. The Bertz CT molecular complexity index is 147. The highest BCUT2D eigenvalue weighted by atomic mass is 28.1. The van der Waals surface area contributed by atoms with Crippen molar-refractivity contribution in [1.82, 2.24) is 0 Å². The molecule has 0 saturated heterocycles. The van der Waals surface area contributed by atoms with E-state index < -0.39 is 0 Å². The van der Waals surface area contributed by atoms with Crippen molar-refractivity contribution in [1.29, 1.82) is 0 Å². The lowest BCUT2D eigenvalue weighted by Crippen LogP contribution is -1.91. The van der Waals surface area contributed by atoms with Crippen LogP contribution >= 0.6 is 0 Å². The molecular formula is C8H15NSi. The van der Waals surface area contributed by atoms with Crippen molar-refractivity contribution < 1.29 is 0 Å². The van der Waals surface area contributed by atoms with Crippen molar-refractivity contribution in [2.24, 2.45) is 4.99 Å². The Balaban J connectivity index is 3.84. The number of aliphatic imine (C=N–C) groups is 1. The Morgan fingerprint density at radius 1 is 1.70 bits per heavy atom. The Kier molecular flexibility index (Phi) is 6.08. The fourth-order valence-electron chi connectivity index (χ4n) is 0.705. The van der Waals surface area contributed by atoms with Crippen LogP contribution in [0.1, 0.15) is 6.42 Å². The SMILES string of the molecule is C=C/C=C\C(CC[SiH3])=N/C. The lowest BCUT2D eigenvalue weighted by atomic mass is 10.2. The minimum atomic E-state index is 1.12. The molecular weight excluding hydrogens is 138 g/mol. The van der Waals surface area contributed by atoms with Gasteiger partial charge in [0, 0.05) is 23.0 Å². The summed E-state index contributed by atoms with van der Waals surface area (Å²) in [7, 11) is 3.09. The Labute approximate surface area is 66.0 Å². The molecule has 0 atom stereocenters. The van der Waals surface area contributed by atoms with Crippen LogP contribution in [0.15, 0.2) is 29.8 Å². The topological polar surface area (TPSA) is 12.4 Å². The maximum Gasteiger partial charge on any atom is 0.0341 e. The zero-order valence-electron chi connectivity index (χ0n) is 6.80. The zero-order valence-corrected chi connectivity index (χ0v) is 8.80. The van der Waals surface area contributed by atoms with E-state index >= 15 is 0 Å². The van der Waals surface area contributed by atoms with Gasteiger partial charge in [0.05, 0.1) is 0 Å². The third-order valence-corrected chi connectivity index (χ3v) is 1.72. The van der Waals surface area contributed by atoms with E-state index in [0.29, 0.717) is 0 Å². The average Bonchev–Trinajstić information content (AvgIpc) is 1.98. The Morgan fingerprint density at radius 3 is 2.80 bits per heavy atom. The van der Waals surface area contributed by atoms with Gasteiger partial charge in [-0.15, -0.1) is 0 Å². The van der Waals surface area contributed by atoms with E-state index in [0.717, 1.165) is 6.42 Å². The Morgan fingerprint density at radius 2 is 2.40 bits per heavy atom. The minimum Gasteiger partial charge on any atom is -0.293 e. The molecule has 0 radical (unpaired) electrons. The number of hydrogen-bond donors (Lipinski definition) is 0. The van der Waals surface area contributed by atoms with Gasteiger partial charge in [-0.3, -0.25) is 4.99 Å². The molecule has 0 bridgehead atoms. The third-order valence-electron chi connectivity index (χ3n) is 1.22. The lowest BCUT2D eigenvalue weighted by Gasteiger charge is -1.93. The van der Waals surface area contributed by atoms with E-state index in [4.69, 9.17) is 0 Å². The summed E-state index contributed by atoms with van der Waals surface area (Å²) in [4.78, 5) is 4.12. The summed E-state index contributed by atoms with van der Waals surface area (Å²) < 4.78 is 0. The van der Waals surface area contributed by atoms with Crippen LogP contribution in [0.4, 0.5) is 0 Å². The molecule has 0 aromatic rings. The first-order chi connectivity index (χ1) is 4.85. The number of nitrogens with zero attached hydrogens (tertiary/aromatic N) is 1. The van der Waals surface area contributed by atoms with Crippen molar-refractivity contribution in [3.63, 3.8) is 0 Å². The van der Waals surface area contributed by atoms with Gasteiger partial charge in [0.15, 0.2) is 0 Å². The van der Waals surface area contributed by atoms with Crippen LogP contribution in [-0.2, 0) is 0 Å². The van der Waals surface area contributed by atoms with Gasteiger partial charge in [0.1, 0.15) is 0 Å². The zero-order chi connectivity index (χ0) is 7.82. The second-order valence-electron chi connectivity index (χ2n) is 2.06. The summed E-state index contributed by atoms with van der Waals surface area (Å²) in [5, 5.41) is 0. The van der Waals surface area contributed by atoms with Gasteiger partial charge in [-0.1, -0.05) is 24.8 Å². The molecule has 0 spiro atoms. The van der Waals surface area contributed by atoms with Gasteiger partial charge < -0.3 is 0 Å². The fourth-order valence-corrected chi connectivity index (χ4v) is 1.22. The molecule has 0 aliphatic rings. The van der Waals surface area contributed by atoms with Crippen molar-refractivity contribution >= 4 is 16.0 Å². The summed E-state index contributed by atoms with van der Waals surface area (Å²) in [6, 6.07) is 1.29. The quantitative estimate of drug-likeness (QED) is 0.324. The van der Waals surface area contributed by atoms with Gasteiger partial charge >= 0.3 is 0 Å². The predicted octanol–water partition coefficient (Wildman–Crippen LogP) is 0.973. The van der Waals surface area contributed by atoms with Crippen LogP contribution in [0.5, 0.6) is 0 Å². The molecule has 0 heterocycles. The van der Waals surface area contributed by atoms with E-state index in [1.165, 1.54) is 22.0 Å². The highest BCUT2D eigenvalue weighted by Gasteiger charge is 1.87. The Hall–Kier alpha value is -0.633. The van der Waals surface area contributed by atoms with E-state index in [-0.39, 0.29) is 0 Å². The first kappa shape index (κ1) is 9.37. The van der Waals surface area contributed by atoms with Crippen molar-refractivity contribution in [3.05, 3.63) is 24.8 Å². The molecule has 0 aromatic carbocycles. The molecule has 10 heavy (non-hydrogen) atoms. The first-order valence-corrected chi connectivity index (χ1v) is 5.01. The fraction of sp³-hybridized carbons (Fsp3) is 0.375. The van der Waals surface area contributed by atoms with Crippen LogP contribution < -0.4 is 0 Å². The highest BCUT2D eigenvalue weighted by molar-refractivity contribution is 6.11. The molecule has 0 aliphatic carbocycles. The molecule has 0 rings (SSSR count). The van der Waals surface area contributed by atoms with Gasteiger partial charge in [-0.05, 0) is 12.5 Å². The maximum absolute atomic E-state index is 4.12. The molecule has 0 N–H and O–H groups in total. The average molecular weight is 153 g/mol. The lowest BCUT2D eigenvalue weighted by molar-refractivity contribution is 1.25. The van der Waals surface area contributed by atoms with Crippen molar-refractivity contribution in [3.8, 4) is 0 Å². The van der Waals surface area contributed by atoms with Gasteiger partial charge in [-0.25, -0.2) is 0 Å². The van der Waals surface area contributed by atoms with E-state index in [1.807, 2.05) is 19.2 Å². The van der Waals surface area contributed by atoms with Crippen LogP contribution in [0, 0.1) is 0 Å². The van der Waals surface area contributed by atoms with E-state index in [2.05, 4.69) is 11.6 Å². The van der Waals surface area contributed by atoms with Crippen LogP contribution in [-0.4, -0.2) is 23.0 Å². The normalized spacial score (nSPS) is 12.7. The molecule has 0 unspecified atom stereocenters. The summed E-state index contributed by atoms with van der Waals surface area (Å²) in [5.41, 5.74) is 1.18. The van der Waals surface area contributed by atoms with E-state index in [1.54, 1.807) is 6.08 Å². The largest absolute Gasteiger partial charge is 0.293 e. The van der Waals surface area contributed by atoms with Crippen LogP contribution in [0.3, 0.4) is 0 Å². The molecule has 2 heteroatoms. The monoisotopic (exact) mass is 153 g/mol. The molecule has 1 nitrogen and oxygen atoms in total. The molecule has 0 aliphatic heterocycles. The number of allylic oxidation sites excluding steroid dienone is 3. The van der Waals surface area contributed by atoms with Gasteiger partial charge in [-0.2, -0.15) is 0 Å².